The van der Waals surface area contributed by atoms with Crippen molar-refractivity contribution < 1.29 is 9.90 Å². The second-order valence-corrected chi connectivity index (χ2v) is 8.46. The largest absolute Gasteiger partial charge is 0.392 e. The van der Waals surface area contributed by atoms with E-state index in [0.717, 1.165) is 48.1 Å². The van der Waals surface area contributed by atoms with Gasteiger partial charge >= 0.3 is 0 Å². The van der Waals surface area contributed by atoms with Gasteiger partial charge in [-0.2, -0.15) is 0 Å². The van der Waals surface area contributed by atoms with Gasteiger partial charge in [0.2, 0.25) is 5.91 Å². The van der Waals surface area contributed by atoms with E-state index in [9.17, 15) is 9.90 Å². The number of nitrogens with zero attached hydrogens (tertiary/aromatic N) is 3. The van der Waals surface area contributed by atoms with Crippen LogP contribution in [0.1, 0.15) is 36.6 Å². The lowest BCUT2D eigenvalue weighted by Crippen LogP contribution is -2.42. The summed E-state index contributed by atoms with van der Waals surface area (Å²) in [5.41, 5.74) is 2.90. The first-order chi connectivity index (χ1) is 14.6. The van der Waals surface area contributed by atoms with Crippen molar-refractivity contribution in [2.45, 2.75) is 36.8 Å². The van der Waals surface area contributed by atoms with Gasteiger partial charge in [-0.05, 0) is 37.0 Å². The van der Waals surface area contributed by atoms with E-state index in [2.05, 4.69) is 15.2 Å². The number of aliphatic hydroxyl groups is 1. The molecular weight excluding hydrogens is 376 g/mol. The molecule has 0 radical (unpaired) electrons. The van der Waals surface area contributed by atoms with Crippen LogP contribution in [0.4, 0.5) is 0 Å². The molecule has 0 bridgehead atoms. The number of amides is 1. The number of β-amino-alcohol motifs (C(OH)–C–C–N with tert-alkyl or cyclic N) is 1. The van der Waals surface area contributed by atoms with Crippen molar-refractivity contribution in [3.05, 3.63) is 72.1 Å². The fourth-order valence-electron chi connectivity index (χ4n) is 4.36. The van der Waals surface area contributed by atoms with Crippen molar-refractivity contribution in [3.8, 4) is 0 Å². The number of benzene rings is 2. The molecule has 2 atom stereocenters. The zero-order chi connectivity index (χ0) is 20.6. The third-order valence-corrected chi connectivity index (χ3v) is 6.32. The first kappa shape index (κ1) is 19.2. The summed E-state index contributed by atoms with van der Waals surface area (Å²) in [7, 11) is 0. The van der Waals surface area contributed by atoms with E-state index in [1.54, 1.807) is 6.20 Å². The van der Waals surface area contributed by atoms with Crippen molar-refractivity contribution in [1.29, 1.82) is 0 Å². The standard InChI is InChI=1S/C24H26N4O2/c29-18-10-13-28(15-18)16-21(17-6-2-1-3-7-17)27-23(30)24(11-12-24)22-14-25-19-8-4-5-9-20(19)26-22/h1-9,14,18,21,29H,10-13,15-16H2,(H,27,30). The minimum Gasteiger partial charge on any atom is -0.392 e. The molecule has 5 rings (SSSR count). The molecule has 2 N–H and O–H groups in total. The molecule has 154 valence electrons. The number of aromatic nitrogens is 2. The van der Waals surface area contributed by atoms with Crippen molar-refractivity contribution in [2.75, 3.05) is 19.6 Å². The number of hydrogen-bond acceptors (Lipinski definition) is 5. The zero-order valence-electron chi connectivity index (χ0n) is 16.9. The number of rotatable bonds is 6. The highest BCUT2D eigenvalue weighted by Gasteiger charge is 2.53. The van der Waals surface area contributed by atoms with Crippen LogP contribution in [0.3, 0.4) is 0 Å². The molecule has 1 saturated carbocycles. The highest BCUT2D eigenvalue weighted by molar-refractivity contribution is 5.91. The van der Waals surface area contributed by atoms with Crippen LogP contribution >= 0.6 is 0 Å². The third kappa shape index (κ3) is 3.68. The Morgan fingerprint density at radius 1 is 1.13 bits per heavy atom. The fraction of sp³-hybridized carbons (Fsp3) is 0.375. The summed E-state index contributed by atoms with van der Waals surface area (Å²) in [5.74, 6) is 0.0145. The molecule has 1 aliphatic carbocycles. The van der Waals surface area contributed by atoms with E-state index in [4.69, 9.17) is 4.98 Å². The molecule has 1 saturated heterocycles. The molecule has 0 spiro atoms. The molecule has 2 aromatic carbocycles. The molecule has 2 aliphatic rings. The van der Waals surface area contributed by atoms with E-state index in [1.807, 2.05) is 54.6 Å². The van der Waals surface area contributed by atoms with Crippen molar-refractivity contribution in [1.82, 2.24) is 20.2 Å². The SMILES string of the molecule is O=C(NC(CN1CCC(O)C1)c1ccccc1)C1(c2cnc3ccccc3n2)CC1. The van der Waals surface area contributed by atoms with Crippen LogP contribution in [-0.2, 0) is 10.2 Å². The number of aliphatic hydroxyl groups excluding tert-OH is 1. The van der Waals surface area contributed by atoms with E-state index >= 15 is 0 Å². The smallest absolute Gasteiger partial charge is 0.232 e. The monoisotopic (exact) mass is 402 g/mol. The van der Waals surface area contributed by atoms with Gasteiger partial charge in [0.15, 0.2) is 0 Å². The summed E-state index contributed by atoms with van der Waals surface area (Å²) in [5, 5.41) is 13.2. The molecule has 3 aromatic rings. The molecule has 1 aliphatic heterocycles. The van der Waals surface area contributed by atoms with Gasteiger partial charge in [0.1, 0.15) is 0 Å². The predicted molar refractivity (Wildman–Crippen MR) is 115 cm³/mol. The number of para-hydroxylation sites is 2. The van der Waals surface area contributed by atoms with Gasteiger partial charge in [-0.1, -0.05) is 42.5 Å². The topological polar surface area (TPSA) is 78.4 Å². The Labute approximate surface area is 176 Å². The van der Waals surface area contributed by atoms with E-state index < -0.39 is 5.41 Å². The Hall–Kier alpha value is -2.83. The van der Waals surface area contributed by atoms with Crippen LogP contribution in [0.2, 0.25) is 0 Å². The lowest BCUT2D eigenvalue weighted by molar-refractivity contribution is -0.124. The lowest BCUT2D eigenvalue weighted by Gasteiger charge is -2.27. The van der Waals surface area contributed by atoms with Gasteiger partial charge in [0, 0.05) is 19.6 Å². The van der Waals surface area contributed by atoms with Crippen LogP contribution in [0.15, 0.2) is 60.8 Å². The molecule has 1 aromatic heterocycles. The number of nitrogens with one attached hydrogen (secondary N) is 1. The summed E-state index contributed by atoms with van der Waals surface area (Å²) < 4.78 is 0. The molecular formula is C24H26N4O2. The van der Waals surface area contributed by atoms with Gasteiger partial charge in [-0.3, -0.25) is 14.7 Å². The Bertz CT molecular complexity index is 1050. The van der Waals surface area contributed by atoms with E-state index in [-0.39, 0.29) is 18.1 Å². The van der Waals surface area contributed by atoms with Gasteiger partial charge in [0.05, 0.1) is 40.5 Å². The van der Waals surface area contributed by atoms with Crippen LogP contribution < -0.4 is 5.32 Å². The molecule has 1 amide bonds. The van der Waals surface area contributed by atoms with Gasteiger partial charge in [-0.15, -0.1) is 0 Å². The van der Waals surface area contributed by atoms with E-state index in [1.165, 1.54) is 0 Å². The first-order valence-corrected chi connectivity index (χ1v) is 10.6. The third-order valence-electron chi connectivity index (χ3n) is 6.32. The van der Waals surface area contributed by atoms with Crippen LogP contribution in [0.25, 0.3) is 11.0 Å². The molecule has 2 fully saturated rings. The van der Waals surface area contributed by atoms with E-state index in [0.29, 0.717) is 13.1 Å². The quantitative estimate of drug-likeness (QED) is 0.663. The Balaban J connectivity index is 1.39. The maximum Gasteiger partial charge on any atom is 0.232 e. The van der Waals surface area contributed by atoms with Crippen molar-refractivity contribution >= 4 is 16.9 Å². The van der Waals surface area contributed by atoms with Crippen LogP contribution in [-0.4, -0.2) is 51.6 Å². The average Bonchev–Trinajstić information content (AvgIpc) is 3.50. The molecule has 30 heavy (non-hydrogen) atoms. The lowest BCUT2D eigenvalue weighted by atomic mass is 9.99. The molecule has 6 heteroatoms. The van der Waals surface area contributed by atoms with Gasteiger partial charge in [-0.25, -0.2) is 4.98 Å². The number of likely N-dealkylation sites (tertiary alicyclic amines) is 1. The predicted octanol–water partition coefficient (Wildman–Crippen LogP) is 2.59. The second kappa shape index (κ2) is 7.78. The second-order valence-electron chi connectivity index (χ2n) is 8.46. The van der Waals surface area contributed by atoms with Crippen molar-refractivity contribution in [3.63, 3.8) is 0 Å². The van der Waals surface area contributed by atoms with Gasteiger partial charge in [0.25, 0.3) is 0 Å². The fourth-order valence-corrected chi connectivity index (χ4v) is 4.36. The number of carbonyl (C=O) groups excluding carboxylic acids is 1. The van der Waals surface area contributed by atoms with Crippen LogP contribution in [0, 0.1) is 0 Å². The van der Waals surface area contributed by atoms with Gasteiger partial charge < -0.3 is 10.4 Å². The maximum atomic E-state index is 13.4. The minimum atomic E-state index is -0.589. The Kier molecular flexibility index (Phi) is 4.97. The minimum absolute atomic E-state index is 0.0145. The molecule has 2 heterocycles. The summed E-state index contributed by atoms with van der Waals surface area (Å²) in [6, 6.07) is 17.7. The highest BCUT2D eigenvalue weighted by atomic mass is 16.3. The molecule has 6 nitrogen and oxygen atoms in total. The maximum absolute atomic E-state index is 13.4. The Morgan fingerprint density at radius 2 is 1.87 bits per heavy atom. The number of carbonyl (C=O) groups is 1. The zero-order valence-corrected chi connectivity index (χ0v) is 16.9. The summed E-state index contributed by atoms with van der Waals surface area (Å²) >= 11 is 0. The number of hydrogen-bond donors (Lipinski definition) is 2. The summed E-state index contributed by atoms with van der Waals surface area (Å²) in [6.45, 7) is 2.19. The highest BCUT2D eigenvalue weighted by Crippen LogP contribution is 2.48. The van der Waals surface area contributed by atoms with Crippen molar-refractivity contribution in [2.24, 2.45) is 0 Å². The first-order valence-electron chi connectivity index (χ1n) is 10.6. The van der Waals surface area contributed by atoms with Crippen LogP contribution in [0.5, 0.6) is 0 Å². The number of fused-ring (bicyclic) bond motifs is 1. The summed E-state index contributed by atoms with van der Waals surface area (Å²) in [4.78, 5) is 24.9. The normalized spacial score (nSPS) is 21.4. The Morgan fingerprint density at radius 3 is 2.57 bits per heavy atom. The average molecular weight is 402 g/mol. The summed E-state index contributed by atoms with van der Waals surface area (Å²) in [6.07, 6.45) is 3.83. The molecule has 2 unspecified atom stereocenters.